The van der Waals surface area contributed by atoms with Crippen LogP contribution in [0.25, 0.3) is 0 Å². The average molecular weight is 251 g/mol. The molecule has 1 aliphatic rings. The molecule has 1 aromatic rings. The molecule has 0 aliphatic carbocycles. The van der Waals surface area contributed by atoms with Crippen LogP contribution in [0.3, 0.4) is 0 Å². The Labute approximate surface area is 106 Å². The molecule has 2 N–H and O–H groups in total. The Balaban J connectivity index is 2.11. The van der Waals surface area contributed by atoms with Crippen LogP contribution in [0.2, 0.25) is 0 Å². The third-order valence-electron chi connectivity index (χ3n) is 2.98. The highest BCUT2D eigenvalue weighted by Crippen LogP contribution is 2.37. The van der Waals surface area contributed by atoms with E-state index in [4.69, 9.17) is 10.5 Å². The number of ether oxygens (including phenoxy) is 1. The van der Waals surface area contributed by atoms with Gasteiger partial charge in [0.15, 0.2) is 0 Å². The molecule has 2 rings (SSSR count). The molecule has 3 nitrogen and oxygen atoms in total. The van der Waals surface area contributed by atoms with Gasteiger partial charge in [0.1, 0.15) is 5.25 Å². The molecule has 1 heterocycles. The Morgan fingerprint density at radius 2 is 2.18 bits per heavy atom. The van der Waals surface area contributed by atoms with Crippen molar-refractivity contribution in [1.82, 2.24) is 0 Å². The van der Waals surface area contributed by atoms with Gasteiger partial charge in [-0.1, -0.05) is 30.3 Å². The van der Waals surface area contributed by atoms with Crippen molar-refractivity contribution >= 4 is 17.7 Å². The summed E-state index contributed by atoms with van der Waals surface area (Å²) in [5, 5.41) is 0.0815. The maximum atomic E-state index is 11.6. The fraction of sp³-hybridized carbons (Fsp3) is 0.462. The molecule has 1 saturated heterocycles. The summed E-state index contributed by atoms with van der Waals surface area (Å²) in [6.07, 6.45) is 1.19. The van der Waals surface area contributed by atoms with Crippen LogP contribution in [-0.4, -0.2) is 23.9 Å². The van der Waals surface area contributed by atoms with Gasteiger partial charge in [-0.2, -0.15) is 0 Å². The van der Waals surface area contributed by atoms with Crippen LogP contribution < -0.4 is 5.73 Å². The number of thioether (sulfide) groups is 1. The van der Waals surface area contributed by atoms with Crippen molar-refractivity contribution in [2.45, 2.75) is 29.9 Å². The van der Waals surface area contributed by atoms with Crippen molar-refractivity contribution in [3.8, 4) is 0 Å². The number of hydrogen-bond donors (Lipinski definition) is 1. The molecule has 0 unspecified atom stereocenters. The first-order valence-corrected chi connectivity index (χ1v) is 6.74. The van der Waals surface area contributed by atoms with Gasteiger partial charge in [0, 0.05) is 11.9 Å². The number of hydrogen-bond acceptors (Lipinski definition) is 3. The average Bonchev–Trinajstić information content (AvgIpc) is 2.72. The SMILES string of the molecule is C[C@@H]1OCC[C@@H]1S[C@H](C(N)=O)c1ccccc1. The van der Waals surface area contributed by atoms with E-state index in [-0.39, 0.29) is 17.3 Å². The number of benzene rings is 1. The number of carbonyl (C=O) groups excluding carboxylic acids is 1. The summed E-state index contributed by atoms with van der Waals surface area (Å²) in [4.78, 5) is 11.6. The summed E-state index contributed by atoms with van der Waals surface area (Å²) >= 11 is 1.62. The summed E-state index contributed by atoms with van der Waals surface area (Å²) in [6, 6.07) is 9.69. The van der Waals surface area contributed by atoms with Gasteiger partial charge in [-0.25, -0.2) is 0 Å². The van der Waals surface area contributed by atoms with Crippen molar-refractivity contribution in [3.63, 3.8) is 0 Å². The van der Waals surface area contributed by atoms with E-state index in [0.29, 0.717) is 5.25 Å². The van der Waals surface area contributed by atoms with E-state index >= 15 is 0 Å². The van der Waals surface area contributed by atoms with Crippen LogP contribution in [0.1, 0.15) is 24.2 Å². The van der Waals surface area contributed by atoms with E-state index in [9.17, 15) is 4.79 Å². The Hall–Kier alpha value is -1.00. The molecular weight excluding hydrogens is 234 g/mol. The Kier molecular flexibility index (Phi) is 4.07. The largest absolute Gasteiger partial charge is 0.377 e. The van der Waals surface area contributed by atoms with Crippen LogP contribution in [-0.2, 0) is 9.53 Å². The number of nitrogens with two attached hydrogens (primary N) is 1. The van der Waals surface area contributed by atoms with Gasteiger partial charge in [0.25, 0.3) is 0 Å². The van der Waals surface area contributed by atoms with Crippen LogP contribution in [0, 0.1) is 0 Å². The zero-order valence-electron chi connectivity index (χ0n) is 9.84. The van der Waals surface area contributed by atoms with Gasteiger partial charge in [-0.15, -0.1) is 11.8 Å². The van der Waals surface area contributed by atoms with E-state index in [1.54, 1.807) is 11.8 Å². The predicted molar refractivity (Wildman–Crippen MR) is 69.8 cm³/mol. The van der Waals surface area contributed by atoms with E-state index in [1.807, 2.05) is 37.3 Å². The van der Waals surface area contributed by atoms with Crippen LogP contribution in [0.15, 0.2) is 30.3 Å². The fourth-order valence-electron chi connectivity index (χ4n) is 2.00. The Morgan fingerprint density at radius 3 is 2.71 bits per heavy atom. The summed E-state index contributed by atoms with van der Waals surface area (Å²) in [7, 11) is 0. The van der Waals surface area contributed by atoms with Gasteiger partial charge in [0.2, 0.25) is 5.91 Å². The highest BCUT2D eigenvalue weighted by molar-refractivity contribution is 8.00. The standard InChI is InChI=1S/C13H17NO2S/c1-9-11(7-8-16-9)17-12(13(14)15)10-5-3-2-4-6-10/h2-6,9,11-12H,7-8H2,1H3,(H2,14,15)/t9-,11-,12-/m0/s1. The maximum absolute atomic E-state index is 11.6. The second-order valence-electron chi connectivity index (χ2n) is 4.23. The molecule has 0 saturated carbocycles. The highest BCUT2D eigenvalue weighted by Gasteiger charge is 2.30. The van der Waals surface area contributed by atoms with Crippen molar-refractivity contribution in [1.29, 1.82) is 0 Å². The zero-order chi connectivity index (χ0) is 12.3. The number of amides is 1. The lowest BCUT2D eigenvalue weighted by Crippen LogP contribution is -2.23. The van der Waals surface area contributed by atoms with E-state index < -0.39 is 0 Å². The smallest absolute Gasteiger partial charge is 0.235 e. The highest BCUT2D eigenvalue weighted by atomic mass is 32.2. The second-order valence-corrected chi connectivity index (χ2v) is 5.58. The minimum absolute atomic E-state index is 0.200. The molecule has 0 aromatic heterocycles. The zero-order valence-corrected chi connectivity index (χ0v) is 10.7. The minimum Gasteiger partial charge on any atom is -0.377 e. The van der Waals surface area contributed by atoms with E-state index in [1.165, 1.54) is 0 Å². The van der Waals surface area contributed by atoms with E-state index in [0.717, 1.165) is 18.6 Å². The second kappa shape index (κ2) is 5.56. The molecule has 0 spiro atoms. The minimum atomic E-state index is -0.277. The van der Waals surface area contributed by atoms with Gasteiger partial charge in [0.05, 0.1) is 6.10 Å². The quantitative estimate of drug-likeness (QED) is 0.891. The first kappa shape index (κ1) is 12.5. The van der Waals surface area contributed by atoms with Gasteiger partial charge in [-0.3, -0.25) is 4.79 Å². The van der Waals surface area contributed by atoms with Crippen molar-refractivity contribution in [2.75, 3.05) is 6.61 Å². The Bertz CT molecular complexity index is 382. The summed E-state index contributed by atoms with van der Waals surface area (Å²) in [5.41, 5.74) is 6.47. The van der Waals surface area contributed by atoms with Crippen LogP contribution in [0.5, 0.6) is 0 Å². The molecular formula is C13H17NO2S. The molecule has 1 fully saturated rings. The number of rotatable bonds is 4. The molecule has 1 amide bonds. The van der Waals surface area contributed by atoms with Crippen molar-refractivity contribution in [2.24, 2.45) is 5.73 Å². The molecule has 0 radical (unpaired) electrons. The van der Waals surface area contributed by atoms with E-state index in [2.05, 4.69) is 0 Å². The number of primary amides is 1. The third kappa shape index (κ3) is 3.01. The lowest BCUT2D eigenvalue weighted by atomic mass is 10.1. The lowest BCUT2D eigenvalue weighted by Gasteiger charge is -2.20. The topological polar surface area (TPSA) is 52.3 Å². The van der Waals surface area contributed by atoms with Gasteiger partial charge in [-0.05, 0) is 18.9 Å². The molecule has 92 valence electrons. The summed E-state index contributed by atoms with van der Waals surface area (Å²) in [6.45, 7) is 2.83. The van der Waals surface area contributed by atoms with Gasteiger partial charge >= 0.3 is 0 Å². The molecule has 0 bridgehead atoms. The fourth-order valence-corrected chi connectivity index (χ4v) is 3.33. The molecule has 1 aromatic carbocycles. The van der Waals surface area contributed by atoms with Gasteiger partial charge < -0.3 is 10.5 Å². The molecule has 3 atom stereocenters. The van der Waals surface area contributed by atoms with Crippen LogP contribution in [0.4, 0.5) is 0 Å². The third-order valence-corrected chi connectivity index (χ3v) is 4.72. The maximum Gasteiger partial charge on any atom is 0.235 e. The van der Waals surface area contributed by atoms with Crippen LogP contribution >= 0.6 is 11.8 Å². The number of carbonyl (C=O) groups is 1. The van der Waals surface area contributed by atoms with Crippen molar-refractivity contribution in [3.05, 3.63) is 35.9 Å². The normalized spacial score (nSPS) is 25.7. The summed E-state index contributed by atoms with van der Waals surface area (Å²) < 4.78 is 5.51. The van der Waals surface area contributed by atoms with Crippen molar-refractivity contribution < 1.29 is 9.53 Å². The first-order chi connectivity index (χ1) is 8.18. The molecule has 17 heavy (non-hydrogen) atoms. The monoisotopic (exact) mass is 251 g/mol. The lowest BCUT2D eigenvalue weighted by molar-refractivity contribution is -0.117. The summed E-state index contributed by atoms with van der Waals surface area (Å²) in [5.74, 6) is -0.277. The predicted octanol–water partition coefficient (Wildman–Crippen LogP) is 2.12. The Morgan fingerprint density at radius 1 is 1.47 bits per heavy atom. The molecule has 4 heteroatoms. The molecule has 1 aliphatic heterocycles. The first-order valence-electron chi connectivity index (χ1n) is 5.80.